The molecule has 0 bridgehead atoms. The van der Waals surface area contributed by atoms with Gasteiger partial charge in [0, 0.05) is 24.8 Å². The van der Waals surface area contributed by atoms with Crippen LogP contribution in [0.2, 0.25) is 4.34 Å². The number of aromatic nitrogens is 2. The maximum absolute atomic E-state index is 14.0. The molecule has 1 saturated carbocycles. The van der Waals surface area contributed by atoms with Gasteiger partial charge in [-0.1, -0.05) is 17.7 Å². The summed E-state index contributed by atoms with van der Waals surface area (Å²) in [7, 11) is -2.77. The van der Waals surface area contributed by atoms with E-state index in [0.29, 0.717) is 33.4 Å². The third-order valence-corrected chi connectivity index (χ3v) is 8.92. The SMILES string of the molecule is CNS(=O)(=O)O[C@@H]1C[C@H](Nc2ncncc2C(=O)c2cc([C@H]3OCCc4ccc(F)cc43)c(Cl)s2)C[C@@H]1O. The van der Waals surface area contributed by atoms with Gasteiger partial charge < -0.3 is 15.2 Å². The quantitative estimate of drug-likeness (QED) is 0.342. The van der Waals surface area contributed by atoms with Gasteiger partial charge in [-0.15, -0.1) is 11.3 Å². The fraction of sp³-hybridized carbons (Fsp3) is 0.375. The molecule has 1 fully saturated rings. The zero-order valence-corrected chi connectivity index (χ0v) is 22.4. The van der Waals surface area contributed by atoms with E-state index in [1.807, 2.05) is 0 Å². The third kappa shape index (κ3) is 5.59. The van der Waals surface area contributed by atoms with Gasteiger partial charge in [-0.05, 0) is 48.6 Å². The Morgan fingerprint density at radius 3 is 2.89 bits per heavy atom. The minimum Gasteiger partial charge on any atom is -0.390 e. The van der Waals surface area contributed by atoms with Crippen molar-refractivity contribution in [2.75, 3.05) is 19.0 Å². The van der Waals surface area contributed by atoms with E-state index in [1.165, 1.54) is 31.7 Å². The molecular formula is C24H24ClFN4O6S2. The molecule has 4 atom stereocenters. The molecule has 1 aliphatic carbocycles. The molecule has 1 aromatic carbocycles. The van der Waals surface area contributed by atoms with E-state index >= 15 is 0 Å². The Morgan fingerprint density at radius 1 is 1.29 bits per heavy atom. The first-order valence-corrected chi connectivity index (χ1v) is 14.4. The van der Waals surface area contributed by atoms with Gasteiger partial charge in [-0.3, -0.25) is 8.98 Å². The lowest BCUT2D eigenvalue weighted by Gasteiger charge is -2.26. The number of aliphatic hydroxyl groups is 1. The van der Waals surface area contributed by atoms with Crippen LogP contribution in [0, 0.1) is 5.82 Å². The van der Waals surface area contributed by atoms with Gasteiger partial charge in [0.15, 0.2) is 0 Å². The second-order valence-electron chi connectivity index (χ2n) is 8.97. The van der Waals surface area contributed by atoms with Crippen molar-refractivity contribution in [2.24, 2.45) is 0 Å². The molecule has 1 aliphatic heterocycles. The molecule has 2 aliphatic rings. The number of ether oxygens (including phenoxy) is 1. The number of hydrogen-bond acceptors (Lipinski definition) is 10. The first-order valence-electron chi connectivity index (χ1n) is 11.8. The molecule has 2 aromatic heterocycles. The van der Waals surface area contributed by atoms with Crippen LogP contribution in [-0.2, 0) is 25.6 Å². The van der Waals surface area contributed by atoms with Gasteiger partial charge in [-0.2, -0.15) is 13.1 Å². The second-order valence-corrected chi connectivity index (χ2v) is 12.1. The summed E-state index contributed by atoms with van der Waals surface area (Å²) >= 11 is 7.62. The molecule has 0 amide bonds. The predicted octanol–water partition coefficient (Wildman–Crippen LogP) is 3.01. The van der Waals surface area contributed by atoms with Crippen LogP contribution >= 0.6 is 22.9 Å². The Hall–Kier alpha value is -2.52. The number of ketones is 1. The molecule has 3 aromatic rings. The average Bonchev–Trinajstić information content (AvgIpc) is 3.44. The lowest BCUT2D eigenvalue weighted by Crippen LogP contribution is -2.31. The molecular weight excluding hydrogens is 559 g/mol. The van der Waals surface area contributed by atoms with Crippen molar-refractivity contribution in [3.05, 3.63) is 74.1 Å². The third-order valence-electron chi connectivity index (χ3n) is 6.54. The number of aliphatic hydroxyl groups excluding tert-OH is 1. The molecule has 3 heterocycles. The van der Waals surface area contributed by atoms with Crippen LogP contribution in [0.25, 0.3) is 0 Å². The van der Waals surface area contributed by atoms with Crippen molar-refractivity contribution in [3.8, 4) is 0 Å². The number of carbonyl (C=O) groups excluding carboxylic acids is 1. The smallest absolute Gasteiger partial charge is 0.335 e. The van der Waals surface area contributed by atoms with Gasteiger partial charge in [0.2, 0.25) is 5.78 Å². The number of fused-ring (bicyclic) bond motifs is 1. The Labute approximate surface area is 227 Å². The number of halogens is 2. The molecule has 3 N–H and O–H groups in total. The summed E-state index contributed by atoms with van der Waals surface area (Å²) in [6, 6.07) is 5.80. The summed E-state index contributed by atoms with van der Waals surface area (Å²) in [6.45, 7) is 0.437. The Bertz CT molecular complexity index is 1470. The summed E-state index contributed by atoms with van der Waals surface area (Å²) in [4.78, 5) is 22.0. The van der Waals surface area contributed by atoms with Crippen LogP contribution in [0.3, 0.4) is 0 Å². The van der Waals surface area contributed by atoms with E-state index in [2.05, 4.69) is 20.0 Å². The van der Waals surface area contributed by atoms with Crippen LogP contribution in [0.15, 0.2) is 36.8 Å². The molecule has 0 radical (unpaired) electrons. The van der Waals surface area contributed by atoms with E-state index in [-0.39, 0.29) is 35.8 Å². The number of carbonyl (C=O) groups is 1. The van der Waals surface area contributed by atoms with Crippen molar-refractivity contribution < 1.29 is 31.6 Å². The molecule has 202 valence electrons. The summed E-state index contributed by atoms with van der Waals surface area (Å²) < 4.78 is 50.8. The van der Waals surface area contributed by atoms with Gasteiger partial charge >= 0.3 is 10.3 Å². The summed E-state index contributed by atoms with van der Waals surface area (Å²) in [6.07, 6.45) is 1.07. The fourth-order valence-electron chi connectivity index (χ4n) is 4.69. The monoisotopic (exact) mass is 582 g/mol. The van der Waals surface area contributed by atoms with Crippen molar-refractivity contribution in [3.63, 3.8) is 0 Å². The van der Waals surface area contributed by atoms with Crippen molar-refractivity contribution in [2.45, 2.75) is 43.6 Å². The number of rotatable bonds is 8. The molecule has 38 heavy (non-hydrogen) atoms. The highest BCUT2D eigenvalue weighted by Gasteiger charge is 2.37. The van der Waals surface area contributed by atoms with Crippen molar-refractivity contribution in [1.82, 2.24) is 14.7 Å². The van der Waals surface area contributed by atoms with E-state index in [9.17, 15) is 22.7 Å². The maximum atomic E-state index is 14.0. The van der Waals surface area contributed by atoms with Gasteiger partial charge in [-0.25, -0.2) is 14.4 Å². The van der Waals surface area contributed by atoms with Crippen LogP contribution < -0.4 is 10.0 Å². The van der Waals surface area contributed by atoms with Gasteiger partial charge in [0.1, 0.15) is 30.2 Å². The molecule has 0 saturated heterocycles. The fourth-order valence-corrected chi connectivity index (χ4v) is 6.59. The topological polar surface area (TPSA) is 140 Å². The number of benzene rings is 1. The summed E-state index contributed by atoms with van der Waals surface area (Å²) in [5, 5.41) is 13.4. The highest BCUT2D eigenvalue weighted by Crippen LogP contribution is 2.41. The minimum absolute atomic E-state index is 0.170. The normalized spacial score (nSPS) is 23.3. The lowest BCUT2D eigenvalue weighted by molar-refractivity contribution is 0.0636. The van der Waals surface area contributed by atoms with Crippen LogP contribution in [-0.4, -0.2) is 61.2 Å². The lowest BCUT2D eigenvalue weighted by atomic mass is 9.94. The number of thiophene rings is 1. The molecule has 10 nitrogen and oxygen atoms in total. The van der Waals surface area contributed by atoms with E-state index < -0.39 is 34.7 Å². The molecule has 0 spiro atoms. The van der Waals surface area contributed by atoms with Crippen LogP contribution in [0.5, 0.6) is 0 Å². The van der Waals surface area contributed by atoms with Crippen molar-refractivity contribution >= 4 is 44.8 Å². The number of anilines is 1. The van der Waals surface area contributed by atoms with E-state index in [4.69, 9.17) is 20.5 Å². The van der Waals surface area contributed by atoms with Crippen molar-refractivity contribution in [1.29, 1.82) is 0 Å². The highest BCUT2D eigenvalue weighted by molar-refractivity contribution is 7.84. The first kappa shape index (κ1) is 27.1. The van der Waals surface area contributed by atoms with Gasteiger partial charge in [0.05, 0.1) is 27.5 Å². The molecule has 5 rings (SSSR count). The zero-order valence-electron chi connectivity index (χ0n) is 20.1. The Kier molecular flexibility index (Phi) is 7.78. The number of nitrogens with zero attached hydrogens (tertiary/aromatic N) is 2. The van der Waals surface area contributed by atoms with E-state index in [0.717, 1.165) is 16.9 Å². The van der Waals surface area contributed by atoms with Crippen LogP contribution in [0.4, 0.5) is 10.2 Å². The largest absolute Gasteiger partial charge is 0.390 e. The molecule has 0 unspecified atom stereocenters. The summed E-state index contributed by atoms with van der Waals surface area (Å²) in [5.41, 5.74) is 2.39. The van der Waals surface area contributed by atoms with E-state index in [1.54, 1.807) is 12.1 Å². The Balaban J connectivity index is 1.37. The average molecular weight is 583 g/mol. The van der Waals surface area contributed by atoms with Gasteiger partial charge in [0.25, 0.3) is 0 Å². The Morgan fingerprint density at radius 2 is 2.11 bits per heavy atom. The highest BCUT2D eigenvalue weighted by atomic mass is 35.5. The predicted molar refractivity (Wildman–Crippen MR) is 138 cm³/mol. The minimum atomic E-state index is -3.98. The first-order chi connectivity index (χ1) is 18.1. The maximum Gasteiger partial charge on any atom is 0.335 e. The summed E-state index contributed by atoms with van der Waals surface area (Å²) in [5.74, 6) is -0.537. The molecule has 14 heteroatoms. The van der Waals surface area contributed by atoms with Crippen LogP contribution in [0.1, 0.15) is 50.9 Å². The standard InChI is InChI=1S/C24H24ClFN4O6S2/c1-27-38(33,34)36-19-8-14(7-18(19)31)30-24-17(10-28-11-29-24)21(32)20-9-16(23(25)37-20)22-15-6-13(26)3-2-12(15)4-5-35-22/h2-3,6,9-11,14,18-19,22,27,31H,4-5,7-8H2,1H3,(H,28,29,30)/t14-,18+,19-,22+/m1/s1. The number of hydrogen-bond donors (Lipinski definition) is 3. The second kappa shape index (κ2) is 10.9. The number of nitrogens with one attached hydrogen (secondary N) is 2. The zero-order chi connectivity index (χ0) is 27.0.